The fourth-order valence-corrected chi connectivity index (χ4v) is 2.22. The van der Waals surface area contributed by atoms with Crippen LogP contribution in [-0.2, 0) is 20.9 Å². The predicted octanol–water partition coefficient (Wildman–Crippen LogP) is 0.958. The van der Waals surface area contributed by atoms with Gasteiger partial charge in [-0.15, -0.1) is 0 Å². The minimum absolute atomic E-state index is 0.168. The zero-order chi connectivity index (χ0) is 14.4. The number of likely N-dealkylation sites (tertiary alicyclic amines) is 1. The fourth-order valence-electron chi connectivity index (χ4n) is 2.22. The predicted molar refractivity (Wildman–Crippen MR) is 70.1 cm³/mol. The quantitative estimate of drug-likeness (QED) is 0.694. The highest BCUT2D eigenvalue weighted by molar-refractivity contribution is 5.76. The number of carbonyl (C=O) groups excluding carboxylic acids is 1. The summed E-state index contributed by atoms with van der Waals surface area (Å²) in [5.74, 6) is 1.49. The molecule has 1 aromatic rings. The van der Waals surface area contributed by atoms with Crippen LogP contribution in [-0.4, -0.2) is 54.4 Å². The van der Waals surface area contributed by atoms with Crippen molar-refractivity contribution >= 4 is 5.91 Å². The van der Waals surface area contributed by atoms with E-state index in [-0.39, 0.29) is 11.8 Å². The Morgan fingerprint density at radius 1 is 1.50 bits per heavy atom. The van der Waals surface area contributed by atoms with Gasteiger partial charge in [-0.1, -0.05) is 12.1 Å². The maximum absolute atomic E-state index is 11.6. The van der Waals surface area contributed by atoms with E-state index >= 15 is 0 Å². The first-order valence-corrected chi connectivity index (χ1v) is 6.91. The highest BCUT2D eigenvalue weighted by Crippen LogP contribution is 2.25. The highest BCUT2D eigenvalue weighted by Gasteiger charge is 2.29. The number of aromatic nitrogens is 2. The van der Waals surface area contributed by atoms with Gasteiger partial charge in [-0.3, -0.25) is 4.79 Å². The molecule has 112 valence electrons. The standard InChI is InChI=1S/C13H21N3O4/c1-3-12(17)16-5-4-10(8-16)13-14-11(20-15-13)9-19-7-6-18-2/h10H,3-9H2,1-2H3. The molecule has 0 spiro atoms. The van der Waals surface area contributed by atoms with Gasteiger partial charge < -0.3 is 18.9 Å². The molecule has 0 N–H and O–H groups in total. The molecule has 0 saturated carbocycles. The molecule has 2 heterocycles. The second-order valence-corrected chi connectivity index (χ2v) is 4.77. The molecule has 7 heteroatoms. The van der Waals surface area contributed by atoms with Crippen LogP contribution in [0.25, 0.3) is 0 Å². The van der Waals surface area contributed by atoms with Crippen molar-refractivity contribution in [2.45, 2.75) is 32.3 Å². The number of hydrogen-bond acceptors (Lipinski definition) is 6. The molecule has 1 aliphatic heterocycles. The lowest BCUT2D eigenvalue weighted by atomic mass is 10.1. The molecule has 0 aromatic carbocycles. The number of methoxy groups -OCH3 is 1. The number of rotatable bonds is 7. The fraction of sp³-hybridized carbons (Fsp3) is 0.769. The van der Waals surface area contributed by atoms with Crippen molar-refractivity contribution in [1.29, 1.82) is 0 Å². The highest BCUT2D eigenvalue weighted by atomic mass is 16.5. The number of carbonyl (C=O) groups is 1. The van der Waals surface area contributed by atoms with E-state index in [1.807, 2.05) is 11.8 Å². The van der Waals surface area contributed by atoms with Gasteiger partial charge in [-0.2, -0.15) is 4.98 Å². The van der Waals surface area contributed by atoms with Crippen LogP contribution in [0.1, 0.15) is 37.4 Å². The second kappa shape index (κ2) is 7.35. The molecule has 1 saturated heterocycles. The van der Waals surface area contributed by atoms with Gasteiger partial charge in [0, 0.05) is 32.5 Å². The van der Waals surface area contributed by atoms with E-state index in [2.05, 4.69) is 10.1 Å². The molecule has 1 amide bonds. The van der Waals surface area contributed by atoms with Crippen LogP contribution in [0.2, 0.25) is 0 Å². The number of hydrogen-bond donors (Lipinski definition) is 0. The molecular formula is C13H21N3O4. The van der Waals surface area contributed by atoms with Crippen molar-refractivity contribution in [1.82, 2.24) is 15.0 Å². The summed E-state index contributed by atoms with van der Waals surface area (Å²) in [6, 6.07) is 0. The SMILES string of the molecule is CCC(=O)N1CCC(c2noc(COCCOC)n2)C1. The minimum atomic E-state index is 0.168. The third kappa shape index (κ3) is 3.77. The Balaban J connectivity index is 1.82. The molecule has 7 nitrogen and oxygen atoms in total. The van der Waals surface area contributed by atoms with E-state index in [4.69, 9.17) is 14.0 Å². The summed E-state index contributed by atoms with van der Waals surface area (Å²) in [4.78, 5) is 17.8. The lowest BCUT2D eigenvalue weighted by Crippen LogP contribution is -2.27. The molecule has 1 fully saturated rings. The van der Waals surface area contributed by atoms with Crippen molar-refractivity contribution < 1.29 is 18.8 Å². The first-order chi connectivity index (χ1) is 9.74. The van der Waals surface area contributed by atoms with Crippen LogP contribution >= 0.6 is 0 Å². The van der Waals surface area contributed by atoms with Gasteiger partial charge in [-0.25, -0.2) is 0 Å². The van der Waals surface area contributed by atoms with Gasteiger partial charge >= 0.3 is 0 Å². The van der Waals surface area contributed by atoms with Crippen LogP contribution in [0.15, 0.2) is 4.52 Å². The van der Waals surface area contributed by atoms with Gasteiger partial charge in [0.1, 0.15) is 6.61 Å². The van der Waals surface area contributed by atoms with Crippen LogP contribution in [0.4, 0.5) is 0 Å². The molecule has 0 bridgehead atoms. The molecular weight excluding hydrogens is 262 g/mol. The smallest absolute Gasteiger partial charge is 0.252 e. The van der Waals surface area contributed by atoms with Gasteiger partial charge in [0.05, 0.1) is 13.2 Å². The van der Waals surface area contributed by atoms with Crippen LogP contribution in [0.5, 0.6) is 0 Å². The molecule has 1 aromatic heterocycles. The lowest BCUT2D eigenvalue weighted by Gasteiger charge is -2.14. The minimum Gasteiger partial charge on any atom is -0.382 e. The Kier molecular flexibility index (Phi) is 5.49. The molecule has 1 aliphatic rings. The summed E-state index contributed by atoms with van der Waals surface area (Å²) in [6.07, 6.45) is 1.42. The van der Waals surface area contributed by atoms with Crippen molar-refractivity contribution in [3.8, 4) is 0 Å². The van der Waals surface area contributed by atoms with Gasteiger partial charge in [0.15, 0.2) is 5.82 Å². The Bertz CT molecular complexity index is 435. The molecule has 1 atom stereocenters. The van der Waals surface area contributed by atoms with E-state index in [0.717, 1.165) is 13.0 Å². The zero-order valence-corrected chi connectivity index (χ0v) is 12.0. The maximum Gasteiger partial charge on any atom is 0.252 e. The van der Waals surface area contributed by atoms with Crippen molar-refractivity contribution in [2.24, 2.45) is 0 Å². The van der Waals surface area contributed by atoms with Gasteiger partial charge in [0.25, 0.3) is 5.89 Å². The summed E-state index contributed by atoms with van der Waals surface area (Å²) in [5.41, 5.74) is 0. The number of amides is 1. The van der Waals surface area contributed by atoms with Crippen molar-refractivity contribution in [3.63, 3.8) is 0 Å². The Morgan fingerprint density at radius 3 is 3.10 bits per heavy atom. The topological polar surface area (TPSA) is 77.7 Å². The Labute approximate surface area is 118 Å². The van der Waals surface area contributed by atoms with Gasteiger partial charge in [0.2, 0.25) is 5.91 Å². The second-order valence-electron chi connectivity index (χ2n) is 4.77. The monoisotopic (exact) mass is 283 g/mol. The molecule has 2 rings (SSSR count). The van der Waals surface area contributed by atoms with Crippen molar-refractivity contribution in [2.75, 3.05) is 33.4 Å². The average molecular weight is 283 g/mol. The van der Waals surface area contributed by atoms with Gasteiger partial charge in [-0.05, 0) is 6.42 Å². The summed E-state index contributed by atoms with van der Waals surface area (Å²) < 4.78 is 15.4. The zero-order valence-electron chi connectivity index (χ0n) is 12.0. The molecule has 1 unspecified atom stereocenters. The number of ether oxygens (including phenoxy) is 2. The Morgan fingerprint density at radius 2 is 2.35 bits per heavy atom. The normalized spacial score (nSPS) is 18.7. The van der Waals surface area contributed by atoms with E-state index in [1.165, 1.54) is 0 Å². The summed E-state index contributed by atoms with van der Waals surface area (Å²) >= 11 is 0. The number of nitrogens with zero attached hydrogens (tertiary/aromatic N) is 3. The van der Waals surface area contributed by atoms with E-state index in [0.29, 0.717) is 44.5 Å². The third-order valence-corrected chi connectivity index (χ3v) is 3.35. The largest absolute Gasteiger partial charge is 0.382 e. The first-order valence-electron chi connectivity index (χ1n) is 6.91. The summed E-state index contributed by atoms with van der Waals surface area (Å²) in [7, 11) is 1.62. The average Bonchev–Trinajstić information content (AvgIpc) is 3.11. The van der Waals surface area contributed by atoms with E-state index in [9.17, 15) is 4.79 Å². The maximum atomic E-state index is 11.6. The lowest BCUT2D eigenvalue weighted by molar-refractivity contribution is -0.129. The molecule has 20 heavy (non-hydrogen) atoms. The van der Waals surface area contributed by atoms with E-state index in [1.54, 1.807) is 7.11 Å². The third-order valence-electron chi connectivity index (χ3n) is 3.35. The summed E-state index contributed by atoms with van der Waals surface area (Å²) in [5, 5.41) is 3.98. The van der Waals surface area contributed by atoms with Crippen LogP contribution < -0.4 is 0 Å². The van der Waals surface area contributed by atoms with E-state index < -0.39 is 0 Å². The molecule has 0 aliphatic carbocycles. The Hall–Kier alpha value is -1.47. The van der Waals surface area contributed by atoms with Crippen molar-refractivity contribution in [3.05, 3.63) is 11.7 Å². The van der Waals surface area contributed by atoms with Crippen LogP contribution in [0.3, 0.4) is 0 Å². The summed E-state index contributed by atoms with van der Waals surface area (Å²) in [6.45, 7) is 4.65. The first kappa shape index (κ1) is 14.9. The molecule has 0 radical (unpaired) electrons. The van der Waals surface area contributed by atoms with Crippen LogP contribution in [0, 0.1) is 0 Å².